The number of fused-ring (bicyclic) bond motifs is 28. The van der Waals surface area contributed by atoms with Crippen molar-refractivity contribution < 1.29 is 17.7 Å². The Labute approximate surface area is 775 Å². The Kier molecular flexibility index (Phi) is 18.4. The summed E-state index contributed by atoms with van der Waals surface area (Å²) in [5, 5.41) is 28.3. The van der Waals surface area contributed by atoms with Gasteiger partial charge in [0.15, 0.2) is 22.3 Å². The first-order valence-electron chi connectivity index (χ1n) is 46.3. The lowest BCUT2D eigenvalue weighted by atomic mass is 9.87. The van der Waals surface area contributed by atoms with Crippen LogP contribution in [-0.4, -0.2) is 0 Å². The molecule has 134 heavy (non-hydrogen) atoms. The van der Waals surface area contributed by atoms with Crippen LogP contribution in [-0.2, 0) is 10.8 Å². The van der Waals surface area contributed by atoms with Crippen molar-refractivity contribution in [1.29, 1.82) is 0 Å². The van der Waals surface area contributed by atoms with Gasteiger partial charge in [0.2, 0.25) is 0 Å². The number of aryl methyl sites for hydroxylation is 2. The molecule has 0 unspecified atom stereocenters. The van der Waals surface area contributed by atoms with Crippen LogP contribution in [0.2, 0.25) is 0 Å². The van der Waals surface area contributed by atoms with Crippen molar-refractivity contribution in [2.75, 3.05) is 19.6 Å². The first-order valence-corrected chi connectivity index (χ1v) is 46.3. The first kappa shape index (κ1) is 79.5. The van der Waals surface area contributed by atoms with Crippen LogP contribution in [0.3, 0.4) is 0 Å². The van der Waals surface area contributed by atoms with E-state index in [2.05, 4.69) is 457 Å². The van der Waals surface area contributed by atoms with Gasteiger partial charge in [0, 0.05) is 88.6 Å². The number of benzene rings is 22. The zero-order valence-electron chi connectivity index (χ0n) is 75.7. The second-order valence-corrected chi connectivity index (χ2v) is 38.0. The van der Waals surface area contributed by atoms with Crippen LogP contribution < -0.4 is 19.6 Å². The lowest BCUT2D eigenvalue weighted by Gasteiger charge is -2.28. The monoisotopic (exact) mass is 1720 g/mol. The maximum absolute atomic E-state index is 6.71. The van der Waals surface area contributed by atoms with Crippen molar-refractivity contribution in [3.05, 3.63) is 435 Å². The highest BCUT2D eigenvalue weighted by Crippen LogP contribution is 2.53. The van der Waals surface area contributed by atoms with E-state index in [9.17, 15) is 0 Å². The predicted molar refractivity (Wildman–Crippen MR) is 568 cm³/mol. The fourth-order valence-electron chi connectivity index (χ4n) is 21.0. The summed E-state index contributed by atoms with van der Waals surface area (Å²) in [5.74, 6) is 0. The molecule has 0 saturated heterocycles. The second-order valence-electron chi connectivity index (χ2n) is 38.0. The highest BCUT2D eigenvalue weighted by Gasteiger charge is 2.29. The molecular formula is C126H92N4O4. The smallest absolute Gasteiger partial charge is 0.159 e. The van der Waals surface area contributed by atoms with E-state index in [1.807, 2.05) is 30.3 Å². The average molecular weight is 1730 g/mol. The van der Waals surface area contributed by atoms with Gasteiger partial charge in [-0.3, -0.25) is 0 Å². The van der Waals surface area contributed by atoms with Crippen LogP contribution in [0.1, 0.15) is 63.8 Å². The molecule has 26 rings (SSSR count). The molecule has 0 aliphatic rings. The number of hydrogen-bond acceptors (Lipinski definition) is 8. The third-order valence-corrected chi connectivity index (χ3v) is 27.7. The minimum absolute atomic E-state index is 0.0264. The van der Waals surface area contributed by atoms with Crippen LogP contribution in [0.4, 0.5) is 68.2 Å². The molecule has 26 aromatic rings. The summed E-state index contributed by atoms with van der Waals surface area (Å²) in [7, 11) is 0. The van der Waals surface area contributed by atoms with Crippen molar-refractivity contribution in [2.45, 2.75) is 66.2 Å². The molecule has 0 amide bonds. The van der Waals surface area contributed by atoms with Crippen molar-refractivity contribution in [3.63, 3.8) is 0 Å². The molecule has 22 aromatic carbocycles. The van der Waals surface area contributed by atoms with Crippen LogP contribution >= 0.6 is 0 Å². The number of nitrogens with zero attached hydrogens (tertiary/aromatic N) is 4. The van der Waals surface area contributed by atoms with Gasteiger partial charge in [-0.2, -0.15) is 0 Å². The highest BCUT2D eigenvalue weighted by atomic mass is 16.3. The zero-order valence-corrected chi connectivity index (χ0v) is 75.7. The molecule has 0 radical (unpaired) electrons. The average Bonchev–Trinajstić information content (AvgIpc) is 0.932. The molecule has 0 N–H and O–H groups in total. The molecule has 0 fully saturated rings. The lowest BCUT2D eigenvalue weighted by molar-refractivity contribution is 0.590. The van der Waals surface area contributed by atoms with E-state index in [0.29, 0.717) is 0 Å². The molecule has 0 bridgehead atoms. The third kappa shape index (κ3) is 13.1. The van der Waals surface area contributed by atoms with Gasteiger partial charge in [-0.25, -0.2) is 0 Å². The van der Waals surface area contributed by atoms with E-state index in [4.69, 9.17) is 17.7 Å². The highest BCUT2D eigenvalue weighted by molar-refractivity contribution is 6.34. The summed E-state index contributed by atoms with van der Waals surface area (Å²) in [4.78, 5) is 9.40. The molecule has 4 aromatic heterocycles. The van der Waals surface area contributed by atoms with Crippen LogP contribution in [0.5, 0.6) is 0 Å². The Bertz CT molecular complexity index is 9210. The molecule has 4 heterocycles. The van der Waals surface area contributed by atoms with Gasteiger partial charge in [0.25, 0.3) is 0 Å². The zero-order chi connectivity index (χ0) is 89.9. The summed E-state index contributed by atoms with van der Waals surface area (Å²) in [6.07, 6.45) is 0. The molecule has 8 heteroatoms. The number of para-hydroxylation sites is 8. The van der Waals surface area contributed by atoms with Crippen molar-refractivity contribution in [1.82, 2.24) is 0 Å². The summed E-state index contributed by atoms with van der Waals surface area (Å²) < 4.78 is 26.7. The van der Waals surface area contributed by atoms with Gasteiger partial charge in [0.05, 0.1) is 22.7 Å². The van der Waals surface area contributed by atoms with Crippen LogP contribution in [0, 0.1) is 13.8 Å². The van der Waals surface area contributed by atoms with Crippen molar-refractivity contribution in [2.24, 2.45) is 0 Å². The predicted octanol–water partition coefficient (Wildman–Crippen LogP) is 37.3. The second kappa shape index (κ2) is 31.0. The standard InChI is InChI=1S/C66H52N2O2.C60H40N2O2/c1-65(2,3)42-26-30-44(31-27-42)67(58-21-13-19-55-51-16-9-11-23-60(51)69-63(55)58)46-34-37-48-41(39-46)25-36-54-50-38-35-47(40-57(50)49-15-7-8-18-53(49)62(48)54)68(45-32-28-43(29-33-45)66(4,5)6)59-22-14-20-56-52-17-10-12-24-61(52)70-64(56)59;1-37-21-26-40(27-22-37)61(54-17-9-15-51-47-12-5-7-19-56(47)63-59(51)54)42-30-33-44-39(35-42)25-32-50-46-34-31-43(36-53(46)45-11-3-4-14-49(45)58(44)50)62(41-28-23-38(2)24-29-41)55-18-10-16-52-48-13-6-8-20-57(48)64-60(52)55/h7-40H,1-6H3;3-36H,1-2H3. The van der Waals surface area contributed by atoms with E-state index >= 15 is 0 Å². The Morgan fingerprint density at radius 1 is 0.172 bits per heavy atom. The van der Waals surface area contributed by atoms with Gasteiger partial charge >= 0.3 is 0 Å². The Morgan fingerprint density at radius 3 is 0.694 bits per heavy atom. The molecule has 0 atom stereocenters. The molecule has 0 spiro atoms. The van der Waals surface area contributed by atoms with E-state index < -0.39 is 0 Å². The quantitative estimate of drug-likeness (QED) is 0.112. The summed E-state index contributed by atoms with van der Waals surface area (Å²) >= 11 is 0. The summed E-state index contributed by atoms with van der Waals surface area (Å²) in [5.41, 5.74) is 24.6. The topological polar surface area (TPSA) is 65.5 Å². The molecule has 0 saturated carbocycles. The van der Waals surface area contributed by atoms with Crippen LogP contribution in [0.25, 0.3) is 174 Å². The molecule has 0 aliphatic carbocycles. The van der Waals surface area contributed by atoms with E-state index in [-0.39, 0.29) is 10.8 Å². The van der Waals surface area contributed by atoms with Crippen molar-refractivity contribution >= 4 is 242 Å². The Hall–Kier alpha value is -16.7. The van der Waals surface area contributed by atoms with Crippen molar-refractivity contribution in [3.8, 4) is 0 Å². The van der Waals surface area contributed by atoms with Gasteiger partial charge in [-0.05, 0) is 268 Å². The van der Waals surface area contributed by atoms with E-state index in [0.717, 1.165) is 156 Å². The summed E-state index contributed by atoms with van der Waals surface area (Å²) in [6, 6.07) is 150. The van der Waals surface area contributed by atoms with Gasteiger partial charge in [0.1, 0.15) is 22.3 Å². The third-order valence-electron chi connectivity index (χ3n) is 27.7. The minimum Gasteiger partial charge on any atom is -0.454 e. The fourth-order valence-corrected chi connectivity index (χ4v) is 21.0. The molecular weight excluding hydrogens is 1630 g/mol. The Balaban J connectivity index is 0.000000144. The molecule has 0 aliphatic heterocycles. The van der Waals surface area contributed by atoms with Gasteiger partial charge in [-0.15, -0.1) is 0 Å². The molecule has 8 nitrogen and oxygen atoms in total. The maximum Gasteiger partial charge on any atom is 0.159 e. The number of anilines is 12. The normalized spacial score (nSPS) is 12.2. The number of furan rings is 4. The fraction of sp³-hybridized carbons (Fsp3) is 0.0794. The largest absolute Gasteiger partial charge is 0.454 e. The minimum atomic E-state index is 0.0264. The summed E-state index contributed by atoms with van der Waals surface area (Å²) in [6.45, 7) is 17.9. The van der Waals surface area contributed by atoms with Crippen LogP contribution in [0.15, 0.2) is 430 Å². The SMILES string of the molecule is CC(C)(C)c1ccc(N(c2ccc3c(ccc4c5ccc(N(c6ccc(C(C)(C)C)cc6)c6cccc7c6oc6ccccc67)cc5c5ccccc5c34)c2)c2cccc3c2oc2ccccc23)cc1.Cc1ccc(N(c2ccc3c(ccc4c5ccc(N(c6ccc(C)cc6)c6cccc7c6oc6ccccc67)cc5c5ccccc5c34)c2)c2cccc3c2oc2ccccc23)cc1. The Morgan fingerprint density at radius 2 is 0.396 bits per heavy atom. The number of rotatable bonds is 12. The van der Waals surface area contributed by atoms with Gasteiger partial charge in [-0.1, -0.05) is 320 Å². The number of hydrogen-bond donors (Lipinski definition) is 0. The van der Waals surface area contributed by atoms with E-state index in [1.165, 1.54) is 108 Å². The molecule has 640 valence electrons. The first-order chi connectivity index (χ1) is 65.5. The van der Waals surface area contributed by atoms with E-state index in [1.54, 1.807) is 0 Å². The maximum atomic E-state index is 6.71. The lowest BCUT2D eigenvalue weighted by Crippen LogP contribution is -2.13. The van der Waals surface area contributed by atoms with Gasteiger partial charge < -0.3 is 37.3 Å².